The van der Waals surface area contributed by atoms with E-state index in [2.05, 4.69) is 245 Å². The van der Waals surface area contributed by atoms with Crippen molar-refractivity contribution in [2.24, 2.45) is 4.99 Å². The monoisotopic (exact) mass is 921 g/mol. The Bertz CT molecular complexity index is 3490. The second kappa shape index (κ2) is 19.2. The van der Waals surface area contributed by atoms with Crippen LogP contribution < -0.4 is 4.48 Å². The van der Waals surface area contributed by atoms with Crippen molar-refractivity contribution in [3.63, 3.8) is 0 Å². The molecule has 0 fully saturated rings. The van der Waals surface area contributed by atoms with Crippen molar-refractivity contribution in [2.75, 3.05) is 0 Å². The molecule has 0 bridgehead atoms. The molecule has 9 aromatic carbocycles. The van der Waals surface area contributed by atoms with Gasteiger partial charge in [-0.05, 0) is 105 Å². The zero-order valence-electron chi connectivity index (χ0n) is 40.7. The molecule has 1 atom stereocenters. The van der Waals surface area contributed by atoms with Gasteiger partial charge in [0.1, 0.15) is 12.0 Å². The van der Waals surface area contributed by atoms with Crippen LogP contribution in [0, 0.1) is 0 Å². The number of hydrogen-bond donors (Lipinski definition) is 1. The summed E-state index contributed by atoms with van der Waals surface area (Å²) in [5.74, 6) is 1.91. The van der Waals surface area contributed by atoms with E-state index < -0.39 is 0 Å². The number of benzene rings is 9. The van der Waals surface area contributed by atoms with Gasteiger partial charge in [0.25, 0.3) is 0 Å². The van der Waals surface area contributed by atoms with E-state index in [0.717, 1.165) is 89.6 Å². The van der Waals surface area contributed by atoms with Crippen molar-refractivity contribution < 1.29 is 5.11 Å². The number of quaternary nitrogens is 1. The number of nitrogens with zero attached hydrogens (tertiary/aromatic N) is 4. The normalized spacial score (nSPS) is 14.3. The van der Waals surface area contributed by atoms with Gasteiger partial charge in [-0.2, -0.15) is 4.48 Å². The van der Waals surface area contributed by atoms with Gasteiger partial charge in [0, 0.05) is 40.4 Å². The smallest absolute Gasteiger partial charge is 0.205 e. The minimum Gasteiger partial charge on any atom is -0.502 e. The molecule has 0 saturated carbocycles. The molecule has 0 radical (unpaired) electrons. The van der Waals surface area contributed by atoms with Crippen LogP contribution in [-0.2, 0) is 12.8 Å². The van der Waals surface area contributed by atoms with Gasteiger partial charge in [-0.15, -0.1) is 0 Å². The van der Waals surface area contributed by atoms with Crippen LogP contribution in [0.4, 0.5) is 11.4 Å². The molecule has 346 valence electrons. The highest BCUT2D eigenvalue weighted by molar-refractivity contribution is 6.02. The number of para-hydroxylation sites is 2. The topological polar surface area (TPSA) is 50.4 Å². The van der Waals surface area contributed by atoms with Gasteiger partial charge in [-0.3, -0.25) is 4.57 Å². The highest BCUT2D eigenvalue weighted by atomic mass is 16.3. The van der Waals surface area contributed by atoms with Crippen LogP contribution in [0.25, 0.3) is 61.5 Å². The number of phenolic OH excluding ortho intramolecular Hbond substituents is 1. The summed E-state index contributed by atoms with van der Waals surface area (Å²) in [6, 6.07) is 75.3. The van der Waals surface area contributed by atoms with Crippen LogP contribution in [0.5, 0.6) is 5.75 Å². The number of hydrogen-bond acceptors (Lipinski definition) is 3. The first-order valence-corrected chi connectivity index (χ1v) is 24.8. The zero-order chi connectivity index (χ0) is 48.5. The number of imidazole rings is 1. The average Bonchev–Trinajstić information content (AvgIpc) is 4.08. The molecule has 2 heterocycles. The Morgan fingerprint density at radius 2 is 0.986 bits per heavy atom. The standard InChI is InChI=1S/C66H56N4O/c1-45(2)54-39-55(46(3)4)42-58(41-54)69-61-34-19-31-53(63(61)68-66(69)50-27-15-8-16-28-50)37-51-29-17-18-30-52(51)38-57-40-56(47-21-9-5-10-22-47)43-62(65(57)71)70(36-35-67-44-70)64-59(48-23-11-6-12-24-48)32-20-33-60(64)49-25-13-7-14-26-49/h5-36,39-46H,37-38H2,1-4H3/p+1. The maximum absolute atomic E-state index is 13.1. The molecule has 0 spiro atoms. The summed E-state index contributed by atoms with van der Waals surface area (Å²) < 4.78 is 2.45. The van der Waals surface area contributed by atoms with Gasteiger partial charge in [-0.25, -0.2) is 9.98 Å². The predicted molar refractivity (Wildman–Crippen MR) is 297 cm³/mol. The van der Waals surface area contributed by atoms with Crippen LogP contribution >= 0.6 is 0 Å². The van der Waals surface area contributed by atoms with Gasteiger partial charge in [-0.1, -0.05) is 198 Å². The lowest BCUT2D eigenvalue weighted by atomic mass is 9.90. The lowest BCUT2D eigenvalue weighted by Gasteiger charge is -2.32. The summed E-state index contributed by atoms with van der Waals surface area (Å²) in [4.78, 5) is 10.3. The van der Waals surface area contributed by atoms with Crippen LogP contribution in [0.3, 0.4) is 0 Å². The Balaban J connectivity index is 1.06. The molecule has 1 unspecified atom stereocenters. The largest absolute Gasteiger partial charge is 0.502 e. The van der Waals surface area contributed by atoms with Crippen LogP contribution in [0.15, 0.2) is 230 Å². The number of aliphatic imine (C=N–C) groups is 1. The molecule has 10 aromatic rings. The maximum Gasteiger partial charge on any atom is 0.205 e. The second-order valence-electron chi connectivity index (χ2n) is 19.4. The minimum absolute atomic E-state index is 0.0869. The molecule has 11 rings (SSSR count). The fourth-order valence-electron chi connectivity index (χ4n) is 10.4. The SMILES string of the molecule is CC(C)c1cc(C(C)C)cc(-n2c(-c3ccccc3)nc3c(Cc4ccccc4Cc4cc(-c5ccccc5)cc([N+]5(c6c(-c7ccccc7)cccc6-c6ccccc6)C=CN=C5)c4O)cccc32)c1. The van der Waals surface area contributed by atoms with Crippen LogP contribution in [0.1, 0.15) is 72.9 Å². The lowest BCUT2D eigenvalue weighted by molar-refractivity contribution is 0.462. The molecule has 5 heteroatoms. The van der Waals surface area contributed by atoms with Gasteiger partial charge >= 0.3 is 0 Å². The average molecular weight is 922 g/mol. The Hall–Kier alpha value is -8.38. The van der Waals surface area contributed by atoms with Gasteiger partial charge in [0.15, 0.2) is 17.1 Å². The lowest BCUT2D eigenvalue weighted by Crippen LogP contribution is -2.36. The first-order chi connectivity index (χ1) is 34.8. The van der Waals surface area contributed by atoms with E-state index >= 15 is 0 Å². The summed E-state index contributed by atoms with van der Waals surface area (Å²) in [7, 11) is 0. The van der Waals surface area contributed by atoms with Gasteiger partial charge in [0.05, 0.1) is 17.2 Å². The van der Waals surface area contributed by atoms with Crippen molar-refractivity contribution in [2.45, 2.75) is 52.4 Å². The van der Waals surface area contributed by atoms with Crippen molar-refractivity contribution in [3.05, 3.63) is 258 Å². The molecular formula is C66H57N4O+. The number of aromatic nitrogens is 2. The molecular weight excluding hydrogens is 865 g/mol. The Labute approximate surface area is 417 Å². The van der Waals surface area contributed by atoms with Crippen LogP contribution in [-0.4, -0.2) is 21.0 Å². The summed E-state index contributed by atoms with van der Waals surface area (Å²) in [6.07, 6.45) is 7.08. The van der Waals surface area contributed by atoms with E-state index in [-0.39, 0.29) is 10.2 Å². The molecule has 1 aromatic heterocycles. The molecule has 0 amide bonds. The zero-order valence-corrected chi connectivity index (χ0v) is 40.7. The third-order valence-electron chi connectivity index (χ3n) is 14.1. The van der Waals surface area contributed by atoms with Gasteiger partial charge < -0.3 is 5.11 Å². The Kier molecular flexibility index (Phi) is 12.2. The Morgan fingerprint density at radius 3 is 1.54 bits per heavy atom. The highest BCUT2D eigenvalue weighted by Crippen LogP contribution is 2.52. The minimum atomic E-state index is 0.0869. The summed E-state index contributed by atoms with van der Waals surface area (Å²) in [6.45, 7) is 9.08. The molecule has 0 aliphatic carbocycles. The van der Waals surface area contributed by atoms with E-state index in [9.17, 15) is 5.11 Å². The molecule has 71 heavy (non-hydrogen) atoms. The fraction of sp³-hybridized carbons (Fsp3) is 0.121. The van der Waals surface area contributed by atoms with Crippen LogP contribution in [0.2, 0.25) is 0 Å². The third kappa shape index (κ3) is 8.60. The van der Waals surface area contributed by atoms with Gasteiger partial charge in [0.2, 0.25) is 6.34 Å². The van der Waals surface area contributed by atoms with Crippen molar-refractivity contribution >= 4 is 28.7 Å². The first-order valence-electron chi connectivity index (χ1n) is 24.8. The van der Waals surface area contributed by atoms with E-state index in [1.807, 2.05) is 18.6 Å². The summed E-state index contributed by atoms with van der Waals surface area (Å²) in [5, 5.41) is 13.1. The maximum atomic E-state index is 13.1. The van der Waals surface area contributed by atoms with E-state index in [1.54, 1.807) is 0 Å². The molecule has 1 aliphatic rings. The third-order valence-corrected chi connectivity index (χ3v) is 14.1. The molecule has 1 N–H and O–H groups in total. The summed E-state index contributed by atoms with van der Waals surface area (Å²) in [5.41, 5.74) is 19.3. The van der Waals surface area contributed by atoms with Crippen molar-refractivity contribution in [3.8, 4) is 56.2 Å². The quantitative estimate of drug-likeness (QED) is 0.117. The number of rotatable bonds is 13. The number of phenols is 1. The van der Waals surface area contributed by atoms with E-state index in [4.69, 9.17) is 9.98 Å². The van der Waals surface area contributed by atoms with Crippen molar-refractivity contribution in [1.29, 1.82) is 0 Å². The molecule has 1 aliphatic heterocycles. The highest BCUT2D eigenvalue weighted by Gasteiger charge is 2.41. The number of aromatic hydroxyl groups is 1. The predicted octanol–water partition coefficient (Wildman–Crippen LogP) is 17.0. The Morgan fingerprint density at radius 1 is 0.479 bits per heavy atom. The first kappa shape index (κ1) is 45.1. The molecule has 0 saturated heterocycles. The summed E-state index contributed by atoms with van der Waals surface area (Å²) >= 11 is 0. The van der Waals surface area contributed by atoms with Crippen molar-refractivity contribution in [1.82, 2.24) is 14.0 Å². The van der Waals surface area contributed by atoms with E-state index in [1.165, 1.54) is 16.7 Å². The number of fused-ring (bicyclic) bond motifs is 1. The second-order valence-corrected chi connectivity index (χ2v) is 19.4. The fourth-order valence-corrected chi connectivity index (χ4v) is 10.4. The van der Waals surface area contributed by atoms with E-state index in [0.29, 0.717) is 24.7 Å². The molecule has 5 nitrogen and oxygen atoms in total.